The highest BCUT2D eigenvalue weighted by Gasteiger charge is 2.27. The van der Waals surface area contributed by atoms with Crippen molar-refractivity contribution in [3.8, 4) is 0 Å². The maximum absolute atomic E-state index is 4.67. The number of anilines is 1. The first-order valence-corrected chi connectivity index (χ1v) is 8.88. The van der Waals surface area contributed by atoms with E-state index in [9.17, 15) is 0 Å². The highest BCUT2D eigenvalue weighted by atomic mass is 79.9. The summed E-state index contributed by atoms with van der Waals surface area (Å²) in [4.78, 5) is 9.74. The van der Waals surface area contributed by atoms with Crippen molar-refractivity contribution in [2.24, 2.45) is 5.92 Å². The van der Waals surface area contributed by atoms with Gasteiger partial charge in [-0.1, -0.05) is 6.92 Å². The van der Waals surface area contributed by atoms with Crippen LogP contribution in [0.5, 0.6) is 0 Å². The van der Waals surface area contributed by atoms with E-state index >= 15 is 0 Å². The Balaban J connectivity index is 1.63. The van der Waals surface area contributed by atoms with Gasteiger partial charge in [-0.3, -0.25) is 4.90 Å². The molecule has 2 heterocycles. The molecule has 2 fully saturated rings. The summed E-state index contributed by atoms with van der Waals surface area (Å²) >= 11 is 3.54. The molecule has 0 bridgehead atoms. The topological polar surface area (TPSA) is 31.4 Å². The van der Waals surface area contributed by atoms with Crippen molar-refractivity contribution < 1.29 is 0 Å². The molecule has 0 aromatic carbocycles. The number of nitrogens with zero attached hydrogens (tertiary/aromatic N) is 3. The molecule has 116 valence electrons. The average Bonchev–Trinajstić information content (AvgIpc) is 3.30. The molecular formula is C16H25BrN4. The normalized spacial score (nSPS) is 20.0. The molecule has 1 saturated carbocycles. The Kier molecular flexibility index (Phi) is 5.14. The number of nitrogens with one attached hydrogen (secondary N) is 1. The van der Waals surface area contributed by atoms with Crippen LogP contribution in [0.15, 0.2) is 16.7 Å². The van der Waals surface area contributed by atoms with E-state index in [2.05, 4.69) is 49.0 Å². The van der Waals surface area contributed by atoms with Gasteiger partial charge in [-0.25, -0.2) is 4.98 Å². The lowest BCUT2D eigenvalue weighted by Crippen LogP contribution is -2.47. The second-order valence-corrected chi connectivity index (χ2v) is 7.06. The van der Waals surface area contributed by atoms with Gasteiger partial charge in [-0.05, 0) is 47.3 Å². The number of aromatic nitrogens is 1. The third-order valence-electron chi connectivity index (χ3n) is 4.36. The molecule has 21 heavy (non-hydrogen) atoms. The van der Waals surface area contributed by atoms with Gasteiger partial charge in [0, 0.05) is 55.5 Å². The van der Waals surface area contributed by atoms with E-state index in [1.165, 1.54) is 38.0 Å². The van der Waals surface area contributed by atoms with Gasteiger partial charge in [-0.15, -0.1) is 0 Å². The minimum atomic E-state index is 0.889. The van der Waals surface area contributed by atoms with Gasteiger partial charge in [0.25, 0.3) is 0 Å². The van der Waals surface area contributed by atoms with E-state index in [-0.39, 0.29) is 0 Å². The Morgan fingerprint density at radius 3 is 2.71 bits per heavy atom. The smallest absolute Gasteiger partial charge is 0.133 e. The zero-order valence-electron chi connectivity index (χ0n) is 12.8. The molecule has 1 aromatic heterocycles. The van der Waals surface area contributed by atoms with E-state index in [0.29, 0.717) is 0 Å². The summed E-state index contributed by atoms with van der Waals surface area (Å²) in [5.74, 6) is 2.15. The maximum atomic E-state index is 4.67. The van der Waals surface area contributed by atoms with Crippen molar-refractivity contribution in [2.45, 2.75) is 26.3 Å². The lowest BCUT2D eigenvalue weighted by atomic mass is 10.2. The summed E-state index contributed by atoms with van der Waals surface area (Å²) in [6, 6.07) is 2.20. The van der Waals surface area contributed by atoms with E-state index in [0.717, 1.165) is 42.4 Å². The molecule has 1 aliphatic carbocycles. The highest BCUT2D eigenvalue weighted by molar-refractivity contribution is 9.10. The van der Waals surface area contributed by atoms with E-state index in [1.807, 2.05) is 6.20 Å². The molecule has 5 heteroatoms. The van der Waals surface area contributed by atoms with Crippen molar-refractivity contribution >= 4 is 21.7 Å². The second kappa shape index (κ2) is 7.07. The monoisotopic (exact) mass is 352 g/mol. The molecule has 1 N–H and O–H groups in total. The number of pyridine rings is 1. The first-order valence-electron chi connectivity index (χ1n) is 8.08. The fraction of sp³-hybridized carbons (Fsp3) is 0.688. The summed E-state index contributed by atoms with van der Waals surface area (Å²) in [7, 11) is 0. The molecule has 0 atom stereocenters. The van der Waals surface area contributed by atoms with Crippen LogP contribution >= 0.6 is 15.9 Å². The Morgan fingerprint density at radius 2 is 2.05 bits per heavy atom. The lowest BCUT2D eigenvalue weighted by molar-refractivity contribution is 0.247. The second-order valence-electron chi connectivity index (χ2n) is 6.15. The van der Waals surface area contributed by atoms with Crippen LogP contribution < -0.4 is 10.2 Å². The molecule has 0 unspecified atom stereocenters. The summed E-state index contributed by atoms with van der Waals surface area (Å²) in [6.45, 7) is 9.88. The number of piperazine rings is 1. The number of halogens is 1. The Labute approximate surface area is 136 Å². The molecule has 1 aliphatic heterocycles. The van der Waals surface area contributed by atoms with Gasteiger partial charge < -0.3 is 10.2 Å². The number of rotatable bonds is 6. The zero-order valence-corrected chi connectivity index (χ0v) is 14.4. The van der Waals surface area contributed by atoms with Crippen LogP contribution in [0.2, 0.25) is 0 Å². The SMILES string of the molecule is CCNCc1cc(Br)cnc1N1CCN(CC2CC2)CC1. The Hall–Kier alpha value is -0.650. The standard InChI is InChI=1S/C16H25BrN4/c1-2-18-10-14-9-15(17)11-19-16(14)21-7-5-20(6-8-21)12-13-3-4-13/h9,11,13,18H,2-8,10,12H2,1H3. The van der Waals surface area contributed by atoms with Gasteiger partial charge >= 0.3 is 0 Å². The van der Waals surface area contributed by atoms with Gasteiger partial charge in [0.05, 0.1) is 0 Å². The van der Waals surface area contributed by atoms with Gasteiger partial charge in [-0.2, -0.15) is 0 Å². The molecule has 0 radical (unpaired) electrons. The Bertz CT molecular complexity index is 467. The summed E-state index contributed by atoms with van der Waals surface area (Å²) in [6.07, 6.45) is 4.81. The fourth-order valence-electron chi connectivity index (χ4n) is 2.96. The third-order valence-corrected chi connectivity index (χ3v) is 4.79. The maximum Gasteiger partial charge on any atom is 0.133 e. The minimum absolute atomic E-state index is 0.889. The first-order chi connectivity index (χ1) is 10.3. The number of hydrogen-bond donors (Lipinski definition) is 1. The van der Waals surface area contributed by atoms with Crippen molar-refractivity contribution in [3.63, 3.8) is 0 Å². The van der Waals surface area contributed by atoms with Crippen LogP contribution in [0.1, 0.15) is 25.3 Å². The molecule has 1 aromatic rings. The van der Waals surface area contributed by atoms with Gasteiger partial charge in [0.2, 0.25) is 0 Å². The molecule has 4 nitrogen and oxygen atoms in total. The summed E-state index contributed by atoms with van der Waals surface area (Å²) in [5.41, 5.74) is 1.29. The van der Waals surface area contributed by atoms with Crippen LogP contribution in [0.4, 0.5) is 5.82 Å². The van der Waals surface area contributed by atoms with E-state index < -0.39 is 0 Å². The van der Waals surface area contributed by atoms with Crippen LogP contribution in [0.25, 0.3) is 0 Å². The van der Waals surface area contributed by atoms with Gasteiger partial charge in [0.15, 0.2) is 0 Å². The fourth-order valence-corrected chi connectivity index (χ4v) is 3.34. The zero-order chi connectivity index (χ0) is 14.7. The van der Waals surface area contributed by atoms with Gasteiger partial charge in [0.1, 0.15) is 5.82 Å². The van der Waals surface area contributed by atoms with Crippen molar-refractivity contribution in [1.82, 2.24) is 15.2 Å². The Morgan fingerprint density at radius 1 is 1.29 bits per heavy atom. The van der Waals surface area contributed by atoms with Crippen LogP contribution in [-0.2, 0) is 6.54 Å². The summed E-state index contributed by atoms with van der Waals surface area (Å²) < 4.78 is 1.06. The lowest BCUT2D eigenvalue weighted by Gasteiger charge is -2.36. The molecule has 0 amide bonds. The predicted octanol–water partition coefficient (Wildman–Crippen LogP) is 2.49. The summed E-state index contributed by atoms with van der Waals surface area (Å²) in [5, 5.41) is 3.42. The molecule has 0 spiro atoms. The average molecular weight is 353 g/mol. The minimum Gasteiger partial charge on any atom is -0.354 e. The number of hydrogen-bond acceptors (Lipinski definition) is 4. The van der Waals surface area contributed by atoms with Crippen molar-refractivity contribution in [1.29, 1.82) is 0 Å². The van der Waals surface area contributed by atoms with Crippen molar-refractivity contribution in [3.05, 3.63) is 22.3 Å². The van der Waals surface area contributed by atoms with Crippen LogP contribution in [-0.4, -0.2) is 49.2 Å². The predicted molar refractivity (Wildman–Crippen MR) is 90.7 cm³/mol. The van der Waals surface area contributed by atoms with E-state index in [1.54, 1.807) is 0 Å². The first kappa shape index (κ1) is 15.3. The highest BCUT2D eigenvalue weighted by Crippen LogP contribution is 2.30. The van der Waals surface area contributed by atoms with E-state index in [4.69, 9.17) is 0 Å². The molecular weight excluding hydrogens is 328 g/mol. The van der Waals surface area contributed by atoms with Crippen LogP contribution in [0, 0.1) is 5.92 Å². The van der Waals surface area contributed by atoms with Crippen LogP contribution in [0.3, 0.4) is 0 Å². The van der Waals surface area contributed by atoms with Crippen molar-refractivity contribution in [2.75, 3.05) is 44.2 Å². The third kappa shape index (κ3) is 4.18. The molecule has 3 rings (SSSR count). The largest absolute Gasteiger partial charge is 0.354 e. The molecule has 2 aliphatic rings. The molecule has 1 saturated heterocycles. The quantitative estimate of drug-likeness (QED) is 0.852.